The van der Waals surface area contributed by atoms with Crippen LogP contribution in [-0.2, 0) is 6.42 Å². The van der Waals surface area contributed by atoms with E-state index in [1.165, 1.54) is 0 Å². The van der Waals surface area contributed by atoms with E-state index < -0.39 is 0 Å². The van der Waals surface area contributed by atoms with Crippen LogP contribution in [0.1, 0.15) is 35.7 Å². The van der Waals surface area contributed by atoms with Crippen LogP contribution in [0.25, 0.3) is 0 Å². The molecule has 0 aliphatic heterocycles. The van der Waals surface area contributed by atoms with Crippen LogP contribution in [0.2, 0.25) is 0 Å². The van der Waals surface area contributed by atoms with Crippen molar-refractivity contribution in [3.8, 4) is 5.75 Å². The van der Waals surface area contributed by atoms with Gasteiger partial charge in [-0.05, 0) is 48.4 Å². The molecule has 0 fully saturated rings. The summed E-state index contributed by atoms with van der Waals surface area (Å²) in [4.78, 5) is 12.2. The lowest BCUT2D eigenvalue weighted by atomic mass is 10.0. The first kappa shape index (κ1) is 15.8. The number of hydrogen-bond donors (Lipinski definition) is 0. The van der Waals surface area contributed by atoms with E-state index in [4.69, 9.17) is 4.74 Å². The van der Waals surface area contributed by atoms with Gasteiger partial charge in [0.15, 0.2) is 5.78 Å². The Hall–Kier alpha value is -1.61. The number of rotatable bonds is 7. The number of ketones is 1. The normalized spacial score (nSPS) is 10.4. The van der Waals surface area contributed by atoms with Crippen molar-refractivity contribution < 1.29 is 9.53 Å². The number of carbonyl (C=O) groups excluding carboxylic acids is 1. The van der Waals surface area contributed by atoms with Crippen LogP contribution < -0.4 is 4.74 Å². The number of ether oxygens (including phenoxy) is 1. The Morgan fingerprint density at radius 1 is 1.05 bits per heavy atom. The predicted octanol–water partition coefficient (Wildman–Crippen LogP) is 5.05. The number of carbonyl (C=O) groups is 1. The maximum Gasteiger partial charge on any atom is 0.167 e. The minimum atomic E-state index is 0.123. The highest BCUT2D eigenvalue weighted by molar-refractivity contribution is 9.10. The molecule has 0 aliphatic carbocycles. The largest absolute Gasteiger partial charge is 0.494 e. The molecule has 0 unspecified atom stereocenters. The molecule has 0 aliphatic rings. The zero-order valence-electron chi connectivity index (χ0n) is 12.1. The molecule has 0 bridgehead atoms. The van der Waals surface area contributed by atoms with Gasteiger partial charge in [-0.15, -0.1) is 0 Å². The number of unbranched alkanes of at least 4 members (excludes halogenated alkanes) is 1. The molecular formula is C18H19BrO2. The van der Waals surface area contributed by atoms with Gasteiger partial charge in [-0.25, -0.2) is 0 Å². The average molecular weight is 347 g/mol. The van der Waals surface area contributed by atoms with Gasteiger partial charge in [0.25, 0.3) is 0 Å². The number of hydrogen-bond acceptors (Lipinski definition) is 2. The van der Waals surface area contributed by atoms with Crippen molar-refractivity contribution in [3.05, 3.63) is 64.1 Å². The minimum absolute atomic E-state index is 0.123. The predicted molar refractivity (Wildman–Crippen MR) is 89.0 cm³/mol. The zero-order valence-corrected chi connectivity index (χ0v) is 13.7. The van der Waals surface area contributed by atoms with Crippen molar-refractivity contribution >= 4 is 21.7 Å². The Morgan fingerprint density at radius 2 is 1.71 bits per heavy atom. The van der Waals surface area contributed by atoms with Crippen LogP contribution in [0.3, 0.4) is 0 Å². The third-order valence-corrected chi connectivity index (χ3v) is 3.75. The van der Waals surface area contributed by atoms with Crippen molar-refractivity contribution in [2.75, 3.05) is 6.61 Å². The third kappa shape index (κ3) is 5.01. The van der Waals surface area contributed by atoms with Crippen molar-refractivity contribution in [1.29, 1.82) is 0 Å². The second kappa shape index (κ2) is 7.99. The SMILES string of the molecule is CCCCOc1ccc(C(=O)Cc2ccc(Br)cc2)cc1. The summed E-state index contributed by atoms with van der Waals surface area (Å²) < 4.78 is 6.62. The first-order chi connectivity index (χ1) is 10.2. The van der Waals surface area contributed by atoms with E-state index in [1.54, 1.807) is 0 Å². The molecule has 3 heteroatoms. The van der Waals surface area contributed by atoms with E-state index in [0.717, 1.165) is 40.8 Å². The lowest BCUT2D eigenvalue weighted by Crippen LogP contribution is -2.03. The standard InChI is InChI=1S/C18H19BrO2/c1-2-3-12-21-17-10-6-15(7-11-17)18(20)13-14-4-8-16(19)9-5-14/h4-11H,2-3,12-13H2,1H3. The lowest BCUT2D eigenvalue weighted by molar-refractivity contribution is 0.0993. The molecule has 0 N–H and O–H groups in total. The Bertz CT molecular complexity index is 573. The molecule has 0 atom stereocenters. The molecule has 110 valence electrons. The monoisotopic (exact) mass is 346 g/mol. The number of Topliss-reactive ketones (excluding diaryl/α,β-unsaturated/α-hetero) is 1. The van der Waals surface area contributed by atoms with Crippen molar-refractivity contribution in [2.24, 2.45) is 0 Å². The molecule has 0 aromatic heterocycles. The van der Waals surface area contributed by atoms with Crippen LogP contribution >= 0.6 is 15.9 Å². The molecule has 2 aromatic carbocycles. The minimum Gasteiger partial charge on any atom is -0.494 e. The van der Waals surface area contributed by atoms with Crippen LogP contribution in [0.5, 0.6) is 5.75 Å². The summed E-state index contributed by atoms with van der Waals surface area (Å²) in [5, 5.41) is 0. The Kier molecular flexibility index (Phi) is 6.00. The second-order valence-corrected chi connectivity index (χ2v) is 5.87. The van der Waals surface area contributed by atoms with Gasteiger partial charge >= 0.3 is 0 Å². The van der Waals surface area contributed by atoms with E-state index in [2.05, 4.69) is 22.9 Å². The van der Waals surface area contributed by atoms with Gasteiger partial charge in [0, 0.05) is 16.5 Å². The quantitative estimate of drug-likeness (QED) is 0.517. The first-order valence-corrected chi connectivity index (χ1v) is 7.99. The topological polar surface area (TPSA) is 26.3 Å². The molecule has 0 spiro atoms. The van der Waals surface area contributed by atoms with E-state index in [1.807, 2.05) is 48.5 Å². The van der Waals surface area contributed by atoms with Gasteiger partial charge in [-0.2, -0.15) is 0 Å². The highest BCUT2D eigenvalue weighted by Gasteiger charge is 2.07. The summed E-state index contributed by atoms with van der Waals surface area (Å²) in [6.45, 7) is 2.86. The fourth-order valence-electron chi connectivity index (χ4n) is 1.96. The summed E-state index contributed by atoms with van der Waals surface area (Å²) in [7, 11) is 0. The van der Waals surface area contributed by atoms with Gasteiger partial charge in [-0.3, -0.25) is 4.79 Å². The van der Waals surface area contributed by atoms with E-state index in [9.17, 15) is 4.79 Å². The fraction of sp³-hybridized carbons (Fsp3) is 0.278. The van der Waals surface area contributed by atoms with Crippen molar-refractivity contribution in [1.82, 2.24) is 0 Å². The van der Waals surface area contributed by atoms with Gasteiger partial charge in [0.05, 0.1) is 6.61 Å². The second-order valence-electron chi connectivity index (χ2n) is 4.95. The van der Waals surface area contributed by atoms with Crippen LogP contribution in [0.15, 0.2) is 53.0 Å². The van der Waals surface area contributed by atoms with Gasteiger partial charge in [0.2, 0.25) is 0 Å². The van der Waals surface area contributed by atoms with E-state index in [-0.39, 0.29) is 5.78 Å². The molecule has 0 saturated carbocycles. The maximum atomic E-state index is 12.2. The summed E-state index contributed by atoms with van der Waals surface area (Å²) in [6.07, 6.45) is 2.58. The smallest absolute Gasteiger partial charge is 0.167 e. The van der Waals surface area contributed by atoms with Crippen molar-refractivity contribution in [3.63, 3.8) is 0 Å². The maximum absolute atomic E-state index is 12.2. The van der Waals surface area contributed by atoms with E-state index >= 15 is 0 Å². The molecule has 2 aromatic rings. The third-order valence-electron chi connectivity index (χ3n) is 3.22. The highest BCUT2D eigenvalue weighted by Crippen LogP contribution is 2.16. The lowest BCUT2D eigenvalue weighted by Gasteiger charge is -2.06. The Labute approximate surface area is 134 Å². The van der Waals surface area contributed by atoms with Crippen LogP contribution in [0.4, 0.5) is 0 Å². The molecule has 0 heterocycles. The van der Waals surface area contributed by atoms with Crippen LogP contribution in [-0.4, -0.2) is 12.4 Å². The van der Waals surface area contributed by atoms with Gasteiger partial charge in [0.1, 0.15) is 5.75 Å². The molecule has 0 radical (unpaired) electrons. The fourth-order valence-corrected chi connectivity index (χ4v) is 2.23. The average Bonchev–Trinajstić information content (AvgIpc) is 2.50. The highest BCUT2D eigenvalue weighted by atomic mass is 79.9. The van der Waals surface area contributed by atoms with Gasteiger partial charge in [-0.1, -0.05) is 41.4 Å². The number of benzene rings is 2. The molecular weight excluding hydrogens is 328 g/mol. The molecule has 21 heavy (non-hydrogen) atoms. The Balaban J connectivity index is 1.94. The molecule has 2 rings (SSSR count). The summed E-state index contributed by atoms with van der Waals surface area (Å²) in [5.74, 6) is 0.945. The Morgan fingerprint density at radius 3 is 2.33 bits per heavy atom. The molecule has 0 amide bonds. The molecule has 2 nitrogen and oxygen atoms in total. The van der Waals surface area contributed by atoms with Crippen LogP contribution in [0, 0.1) is 0 Å². The first-order valence-electron chi connectivity index (χ1n) is 7.19. The zero-order chi connectivity index (χ0) is 15.1. The van der Waals surface area contributed by atoms with Gasteiger partial charge < -0.3 is 4.74 Å². The molecule has 0 saturated heterocycles. The van der Waals surface area contributed by atoms with E-state index in [0.29, 0.717) is 6.42 Å². The van der Waals surface area contributed by atoms with Crippen molar-refractivity contribution in [2.45, 2.75) is 26.2 Å². The summed E-state index contributed by atoms with van der Waals surface area (Å²) in [6, 6.07) is 15.2. The number of halogens is 1. The summed E-state index contributed by atoms with van der Waals surface area (Å²) >= 11 is 3.39. The summed E-state index contributed by atoms with van der Waals surface area (Å²) in [5.41, 5.74) is 1.74.